The number of nitrogens with zero attached hydrogens (tertiary/aromatic N) is 2. The van der Waals surface area contributed by atoms with Gasteiger partial charge in [-0.3, -0.25) is 4.68 Å². The fraction of sp³-hybridized carbons (Fsp3) is 0.765. The van der Waals surface area contributed by atoms with Crippen molar-refractivity contribution < 1.29 is 14.1 Å². The third kappa shape index (κ3) is 3.38. The molecule has 3 rings (SSSR count). The first-order valence-electron chi connectivity index (χ1n) is 8.64. The molecule has 126 valence electrons. The summed E-state index contributed by atoms with van der Waals surface area (Å²) < 4.78 is 14.1. The van der Waals surface area contributed by atoms with Crippen LogP contribution < -0.4 is 5.46 Å². The first-order valence-corrected chi connectivity index (χ1v) is 8.64. The van der Waals surface area contributed by atoms with Crippen LogP contribution in [0.25, 0.3) is 0 Å². The van der Waals surface area contributed by atoms with E-state index in [4.69, 9.17) is 9.31 Å². The highest BCUT2D eigenvalue weighted by Gasteiger charge is 2.52. The summed E-state index contributed by atoms with van der Waals surface area (Å²) >= 11 is 0. The minimum atomic E-state index is -0.348. The molecular formula is C17H27BN2O3. The molecule has 6 heteroatoms. The van der Waals surface area contributed by atoms with E-state index < -0.39 is 0 Å². The predicted molar refractivity (Wildman–Crippen MR) is 89.5 cm³/mol. The minimum absolute atomic E-state index is 0.268. The molecule has 1 aliphatic carbocycles. The van der Waals surface area contributed by atoms with Gasteiger partial charge in [0.1, 0.15) is 6.29 Å². The van der Waals surface area contributed by atoms with Crippen molar-refractivity contribution >= 4 is 18.9 Å². The summed E-state index contributed by atoms with van der Waals surface area (Å²) in [5.41, 5.74) is 0.324. The van der Waals surface area contributed by atoms with Gasteiger partial charge in [0.2, 0.25) is 0 Å². The van der Waals surface area contributed by atoms with Crippen molar-refractivity contribution in [2.45, 2.75) is 71.1 Å². The molecule has 0 radical (unpaired) electrons. The Bertz CT molecular complexity index is 546. The van der Waals surface area contributed by atoms with Crippen LogP contribution in [0.2, 0.25) is 0 Å². The lowest BCUT2D eigenvalue weighted by Gasteiger charge is -2.32. The fourth-order valence-corrected chi connectivity index (χ4v) is 3.35. The van der Waals surface area contributed by atoms with Gasteiger partial charge in [0.05, 0.1) is 11.2 Å². The first-order chi connectivity index (χ1) is 10.8. The largest absolute Gasteiger partial charge is 0.498 e. The molecule has 0 N–H and O–H groups in total. The molecule has 2 aliphatic rings. The molecule has 2 fully saturated rings. The molecule has 1 saturated heterocycles. The highest BCUT2D eigenvalue weighted by molar-refractivity contribution is 6.61. The zero-order chi connectivity index (χ0) is 16.7. The van der Waals surface area contributed by atoms with Crippen LogP contribution >= 0.6 is 0 Å². The van der Waals surface area contributed by atoms with Gasteiger partial charge in [-0.15, -0.1) is 0 Å². The first kappa shape index (κ1) is 16.7. The molecule has 0 spiro atoms. The van der Waals surface area contributed by atoms with Gasteiger partial charge in [0.15, 0.2) is 0 Å². The molecule has 5 nitrogen and oxygen atoms in total. The second kappa shape index (κ2) is 6.06. The molecule has 23 heavy (non-hydrogen) atoms. The van der Waals surface area contributed by atoms with Crippen molar-refractivity contribution in [3.8, 4) is 0 Å². The Labute approximate surface area is 138 Å². The molecule has 1 aromatic heterocycles. The summed E-state index contributed by atoms with van der Waals surface area (Å²) in [5, 5.41) is 4.48. The highest BCUT2D eigenvalue weighted by atomic mass is 16.7. The van der Waals surface area contributed by atoms with E-state index in [1.807, 2.05) is 17.1 Å². The van der Waals surface area contributed by atoms with Gasteiger partial charge >= 0.3 is 7.12 Å². The quantitative estimate of drug-likeness (QED) is 0.631. The number of hydrogen-bond acceptors (Lipinski definition) is 4. The van der Waals surface area contributed by atoms with E-state index in [1.165, 1.54) is 0 Å². The average Bonchev–Trinajstić information content (AvgIpc) is 3.03. The van der Waals surface area contributed by atoms with Crippen LogP contribution in [0.1, 0.15) is 53.4 Å². The average molecular weight is 318 g/mol. The zero-order valence-electron chi connectivity index (χ0n) is 14.6. The standard InChI is InChI=1S/C17H27BN2O3/c1-16(2)17(3,4)23-18(22-16)15-9-19-20(11-15)10-13-5-7-14(12-21)8-6-13/h9,11-14H,5-8,10H2,1-4H3/t13-,14-. The van der Waals surface area contributed by atoms with Crippen LogP contribution in [-0.2, 0) is 20.6 Å². The topological polar surface area (TPSA) is 53.4 Å². The van der Waals surface area contributed by atoms with E-state index in [0.717, 1.165) is 44.0 Å². The molecule has 0 unspecified atom stereocenters. The highest BCUT2D eigenvalue weighted by Crippen LogP contribution is 2.36. The summed E-state index contributed by atoms with van der Waals surface area (Å²) in [6, 6.07) is 0. The summed E-state index contributed by atoms with van der Waals surface area (Å²) in [7, 11) is -0.348. The maximum Gasteiger partial charge on any atom is 0.498 e. The molecule has 0 aromatic carbocycles. The van der Waals surface area contributed by atoms with Crippen molar-refractivity contribution in [1.29, 1.82) is 0 Å². The van der Waals surface area contributed by atoms with E-state index in [0.29, 0.717) is 5.92 Å². The number of aromatic nitrogens is 2. The van der Waals surface area contributed by atoms with Crippen LogP contribution in [0.5, 0.6) is 0 Å². The molecule has 1 aliphatic heterocycles. The normalized spacial score (nSPS) is 29.7. The molecule has 0 atom stereocenters. The Kier molecular flexibility index (Phi) is 4.40. The zero-order valence-corrected chi connectivity index (χ0v) is 14.6. The monoisotopic (exact) mass is 318 g/mol. The Morgan fingerprint density at radius 2 is 1.83 bits per heavy atom. The summed E-state index contributed by atoms with van der Waals surface area (Å²) in [5.74, 6) is 0.876. The Morgan fingerprint density at radius 3 is 2.39 bits per heavy atom. The van der Waals surface area contributed by atoms with E-state index in [2.05, 4.69) is 32.8 Å². The SMILES string of the molecule is CC1(C)OB(c2cnn(C[C@H]3CC[C@H](C=O)CC3)c2)OC1(C)C. The van der Waals surface area contributed by atoms with E-state index in [1.54, 1.807) is 0 Å². The lowest BCUT2D eigenvalue weighted by Crippen LogP contribution is -2.41. The Hall–Kier alpha value is -1.14. The predicted octanol–water partition coefficient (Wildman–Crippen LogP) is 2.19. The van der Waals surface area contributed by atoms with E-state index in [9.17, 15) is 4.79 Å². The van der Waals surface area contributed by atoms with Gasteiger partial charge in [0.25, 0.3) is 0 Å². The van der Waals surface area contributed by atoms with Gasteiger partial charge in [-0.1, -0.05) is 0 Å². The minimum Gasteiger partial charge on any atom is -0.399 e. The van der Waals surface area contributed by atoms with Gasteiger partial charge in [-0.25, -0.2) is 0 Å². The lowest BCUT2D eigenvalue weighted by atomic mass is 9.81. The Balaban J connectivity index is 1.60. The van der Waals surface area contributed by atoms with Gasteiger partial charge in [0, 0.05) is 30.3 Å². The second-order valence-corrected chi connectivity index (χ2v) is 8.00. The maximum atomic E-state index is 10.8. The summed E-state index contributed by atoms with van der Waals surface area (Å²) in [4.78, 5) is 10.8. The number of rotatable bonds is 4. The van der Waals surface area contributed by atoms with Crippen molar-refractivity contribution in [3.63, 3.8) is 0 Å². The van der Waals surface area contributed by atoms with Crippen LogP contribution in [0.4, 0.5) is 0 Å². The lowest BCUT2D eigenvalue weighted by molar-refractivity contribution is -0.112. The van der Waals surface area contributed by atoms with Gasteiger partial charge in [-0.2, -0.15) is 5.10 Å². The number of carbonyl (C=O) groups excluding carboxylic acids is 1. The maximum absolute atomic E-state index is 10.8. The van der Waals surface area contributed by atoms with E-state index >= 15 is 0 Å². The number of carbonyl (C=O) groups is 1. The number of hydrogen-bond donors (Lipinski definition) is 0. The van der Waals surface area contributed by atoms with Crippen molar-refractivity contribution in [1.82, 2.24) is 9.78 Å². The van der Waals surface area contributed by atoms with Crippen LogP contribution in [0, 0.1) is 11.8 Å². The van der Waals surface area contributed by atoms with Gasteiger partial charge in [-0.05, 0) is 59.3 Å². The third-order valence-electron chi connectivity index (χ3n) is 5.71. The smallest absolute Gasteiger partial charge is 0.399 e. The van der Waals surface area contributed by atoms with Crippen molar-refractivity contribution in [2.24, 2.45) is 11.8 Å². The molecule has 1 aromatic rings. The molecule has 0 amide bonds. The fourth-order valence-electron chi connectivity index (χ4n) is 3.35. The van der Waals surface area contributed by atoms with Crippen LogP contribution in [0.15, 0.2) is 12.4 Å². The van der Waals surface area contributed by atoms with Crippen LogP contribution in [0.3, 0.4) is 0 Å². The Morgan fingerprint density at radius 1 is 1.22 bits per heavy atom. The van der Waals surface area contributed by atoms with Crippen molar-refractivity contribution in [3.05, 3.63) is 12.4 Å². The van der Waals surface area contributed by atoms with Crippen molar-refractivity contribution in [2.75, 3.05) is 0 Å². The number of aldehydes is 1. The van der Waals surface area contributed by atoms with Gasteiger partial charge < -0.3 is 14.1 Å². The van der Waals surface area contributed by atoms with E-state index in [-0.39, 0.29) is 24.2 Å². The molecule has 0 bridgehead atoms. The summed E-state index contributed by atoms with van der Waals surface area (Å²) in [6.45, 7) is 9.14. The molecule has 2 heterocycles. The molecular weight excluding hydrogens is 291 g/mol. The molecule has 1 saturated carbocycles. The third-order valence-corrected chi connectivity index (χ3v) is 5.71. The second-order valence-electron chi connectivity index (χ2n) is 8.00. The van der Waals surface area contributed by atoms with Crippen LogP contribution in [-0.4, -0.2) is 34.4 Å². The summed E-state index contributed by atoms with van der Waals surface area (Å²) in [6.07, 6.45) is 9.23.